The van der Waals surface area contributed by atoms with Crippen molar-refractivity contribution < 1.29 is 59.1 Å². The Morgan fingerprint density at radius 1 is 0.889 bits per heavy atom. The van der Waals surface area contributed by atoms with Crippen molar-refractivity contribution >= 4 is 11.0 Å². The van der Waals surface area contributed by atoms with E-state index in [1.165, 1.54) is 32.4 Å². The minimum atomic E-state index is -1.86. The van der Waals surface area contributed by atoms with Crippen LogP contribution >= 0.6 is 0 Å². The van der Waals surface area contributed by atoms with E-state index in [2.05, 4.69) is 0 Å². The Labute approximate surface area is 202 Å². The van der Waals surface area contributed by atoms with Gasteiger partial charge in [0, 0.05) is 11.6 Å². The molecule has 0 unspecified atom stereocenters. The van der Waals surface area contributed by atoms with Gasteiger partial charge in [-0.3, -0.25) is 4.79 Å². The molecule has 1 aliphatic heterocycles. The molecular weight excluding hydrogens is 484 g/mol. The fourth-order valence-electron chi connectivity index (χ4n) is 3.89. The lowest BCUT2D eigenvalue weighted by atomic mass is 9.99. The van der Waals surface area contributed by atoms with Gasteiger partial charge in [0.15, 0.2) is 28.6 Å². The third-order valence-electron chi connectivity index (χ3n) is 5.77. The van der Waals surface area contributed by atoms with Gasteiger partial charge in [-0.05, 0) is 18.2 Å². The van der Waals surface area contributed by atoms with Crippen molar-refractivity contribution in [1.82, 2.24) is 0 Å². The molecule has 2 heterocycles. The fraction of sp³-hybridized carbons (Fsp3) is 0.348. The normalized spacial score (nSPS) is 24.0. The van der Waals surface area contributed by atoms with Crippen molar-refractivity contribution in [2.24, 2.45) is 0 Å². The third-order valence-corrected chi connectivity index (χ3v) is 5.77. The SMILES string of the molecule is COc1cc(-c2oc3c(OC)c(O)cc(O)c3c(=O)c2O[C@@H]2O[C@H](CO)[C@H](O)[C@H](O)[C@H]2O)ccc1O. The molecule has 36 heavy (non-hydrogen) atoms. The highest BCUT2D eigenvalue weighted by Gasteiger charge is 2.45. The number of aliphatic hydroxyl groups excluding tert-OH is 4. The number of fused-ring (bicyclic) bond motifs is 1. The molecule has 13 nitrogen and oxygen atoms in total. The fourth-order valence-corrected chi connectivity index (χ4v) is 3.89. The van der Waals surface area contributed by atoms with Crippen LogP contribution in [-0.2, 0) is 4.74 Å². The zero-order valence-corrected chi connectivity index (χ0v) is 19.0. The Balaban J connectivity index is 1.98. The highest BCUT2D eigenvalue weighted by atomic mass is 16.7. The summed E-state index contributed by atoms with van der Waals surface area (Å²) < 4.78 is 27.1. The van der Waals surface area contributed by atoms with Gasteiger partial charge in [0.25, 0.3) is 0 Å². The average Bonchev–Trinajstić information content (AvgIpc) is 2.85. The quantitative estimate of drug-likeness (QED) is 0.230. The lowest BCUT2D eigenvalue weighted by Gasteiger charge is -2.39. The molecule has 5 atom stereocenters. The van der Waals surface area contributed by atoms with E-state index in [0.717, 1.165) is 6.07 Å². The molecule has 1 fully saturated rings. The van der Waals surface area contributed by atoms with E-state index in [9.17, 15) is 40.5 Å². The smallest absolute Gasteiger partial charge is 0.239 e. The molecule has 0 saturated carbocycles. The number of hydrogen-bond donors (Lipinski definition) is 7. The Morgan fingerprint density at radius 2 is 1.61 bits per heavy atom. The van der Waals surface area contributed by atoms with E-state index in [-0.39, 0.29) is 34.2 Å². The number of methoxy groups -OCH3 is 2. The van der Waals surface area contributed by atoms with Crippen LogP contribution in [-0.4, -0.2) is 87.3 Å². The predicted molar refractivity (Wildman–Crippen MR) is 120 cm³/mol. The maximum atomic E-state index is 13.6. The van der Waals surface area contributed by atoms with E-state index < -0.39 is 65.4 Å². The summed E-state index contributed by atoms with van der Waals surface area (Å²) in [5, 5.41) is 70.1. The van der Waals surface area contributed by atoms with E-state index in [1.807, 2.05) is 0 Å². The highest BCUT2D eigenvalue weighted by molar-refractivity contribution is 5.93. The standard InChI is InChI=1S/C23H24O13/c1-32-12-5-8(3-4-9(12)25)19-22(36-23-18(31)17(30)15(28)13(7-24)34-23)16(29)14-10(26)6-11(27)20(33-2)21(14)35-19/h3-6,13,15,17-18,23-28,30-31H,7H2,1-2H3/t13-,15+,17+,18-,23+/m1/s1. The van der Waals surface area contributed by atoms with Crippen LogP contribution in [0, 0.1) is 0 Å². The monoisotopic (exact) mass is 508 g/mol. The van der Waals surface area contributed by atoms with Gasteiger partial charge in [-0.15, -0.1) is 0 Å². The molecule has 7 N–H and O–H groups in total. The number of ether oxygens (including phenoxy) is 4. The second-order valence-corrected chi connectivity index (χ2v) is 7.94. The van der Waals surface area contributed by atoms with Crippen LogP contribution in [0.4, 0.5) is 0 Å². The summed E-state index contributed by atoms with van der Waals surface area (Å²) in [6.07, 6.45) is -8.42. The van der Waals surface area contributed by atoms with Gasteiger partial charge in [-0.1, -0.05) is 0 Å². The van der Waals surface area contributed by atoms with Crippen LogP contribution in [0.1, 0.15) is 0 Å². The third kappa shape index (κ3) is 4.12. The second kappa shape index (κ2) is 9.72. The Morgan fingerprint density at radius 3 is 2.25 bits per heavy atom. The minimum Gasteiger partial charge on any atom is -0.507 e. The molecular formula is C23H24O13. The summed E-state index contributed by atoms with van der Waals surface area (Å²) in [6.45, 7) is -0.740. The van der Waals surface area contributed by atoms with Gasteiger partial charge in [0.05, 0.1) is 20.8 Å². The number of benzene rings is 2. The number of aliphatic hydroxyl groups is 4. The van der Waals surface area contributed by atoms with Gasteiger partial charge in [-0.2, -0.15) is 0 Å². The Hall–Kier alpha value is -3.75. The number of hydrogen-bond acceptors (Lipinski definition) is 13. The Kier molecular flexibility index (Phi) is 6.84. The highest BCUT2D eigenvalue weighted by Crippen LogP contribution is 2.44. The predicted octanol–water partition coefficient (Wildman–Crippen LogP) is -0.227. The molecule has 0 radical (unpaired) electrons. The van der Waals surface area contributed by atoms with Crippen LogP contribution in [0.15, 0.2) is 33.5 Å². The summed E-state index contributed by atoms with van der Waals surface area (Å²) in [7, 11) is 2.49. The summed E-state index contributed by atoms with van der Waals surface area (Å²) in [4.78, 5) is 13.6. The molecule has 0 spiro atoms. The first kappa shape index (κ1) is 25.3. The minimum absolute atomic E-state index is 0.000225. The molecule has 0 amide bonds. The summed E-state index contributed by atoms with van der Waals surface area (Å²) in [6, 6.07) is 4.75. The summed E-state index contributed by atoms with van der Waals surface area (Å²) in [5.74, 6) is -2.62. The largest absolute Gasteiger partial charge is 0.507 e. The molecule has 4 rings (SSSR count). The number of rotatable bonds is 6. The van der Waals surface area contributed by atoms with E-state index in [0.29, 0.717) is 0 Å². The van der Waals surface area contributed by atoms with Crippen molar-refractivity contribution in [1.29, 1.82) is 0 Å². The average molecular weight is 508 g/mol. The molecule has 2 aromatic carbocycles. The molecule has 1 aliphatic rings. The summed E-state index contributed by atoms with van der Waals surface area (Å²) in [5.41, 5.74) is -1.21. The molecule has 194 valence electrons. The lowest BCUT2D eigenvalue weighted by Crippen LogP contribution is -2.60. The maximum absolute atomic E-state index is 13.6. The van der Waals surface area contributed by atoms with Crippen molar-refractivity contribution in [3.8, 4) is 45.8 Å². The van der Waals surface area contributed by atoms with Crippen LogP contribution in [0.25, 0.3) is 22.3 Å². The molecule has 13 heteroatoms. The van der Waals surface area contributed by atoms with Crippen molar-refractivity contribution in [3.05, 3.63) is 34.5 Å². The van der Waals surface area contributed by atoms with Crippen LogP contribution in [0.5, 0.6) is 34.5 Å². The zero-order valence-electron chi connectivity index (χ0n) is 19.0. The molecule has 0 aliphatic carbocycles. The second-order valence-electron chi connectivity index (χ2n) is 7.94. The first-order valence-corrected chi connectivity index (χ1v) is 10.6. The van der Waals surface area contributed by atoms with Crippen molar-refractivity contribution in [3.63, 3.8) is 0 Å². The van der Waals surface area contributed by atoms with Crippen molar-refractivity contribution in [2.75, 3.05) is 20.8 Å². The van der Waals surface area contributed by atoms with E-state index >= 15 is 0 Å². The van der Waals surface area contributed by atoms with E-state index in [1.54, 1.807) is 0 Å². The summed E-state index contributed by atoms with van der Waals surface area (Å²) >= 11 is 0. The zero-order chi connectivity index (χ0) is 26.3. The van der Waals surface area contributed by atoms with Gasteiger partial charge in [0.2, 0.25) is 23.2 Å². The first-order valence-electron chi connectivity index (χ1n) is 10.6. The number of phenols is 3. The molecule has 1 aromatic heterocycles. The molecule has 3 aromatic rings. The van der Waals surface area contributed by atoms with Gasteiger partial charge in [-0.25, -0.2) is 0 Å². The maximum Gasteiger partial charge on any atom is 0.239 e. The molecule has 0 bridgehead atoms. The lowest BCUT2D eigenvalue weighted by molar-refractivity contribution is -0.277. The van der Waals surface area contributed by atoms with Gasteiger partial charge < -0.3 is 59.1 Å². The van der Waals surface area contributed by atoms with Crippen LogP contribution in [0.3, 0.4) is 0 Å². The number of aromatic hydroxyl groups is 3. The van der Waals surface area contributed by atoms with Crippen LogP contribution in [0.2, 0.25) is 0 Å². The van der Waals surface area contributed by atoms with Crippen LogP contribution < -0.4 is 19.6 Å². The van der Waals surface area contributed by atoms with Gasteiger partial charge >= 0.3 is 0 Å². The first-order chi connectivity index (χ1) is 17.1. The van der Waals surface area contributed by atoms with Gasteiger partial charge in [0.1, 0.15) is 35.6 Å². The topological polar surface area (TPSA) is 209 Å². The van der Waals surface area contributed by atoms with Crippen molar-refractivity contribution in [2.45, 2.75) is 30.7 Å². The molecule has 1 saturated heterocycles. The Bertz CT molecular complexity index is 1330. The number of phenolic OH excluding ortho intramolecular Hbond substituents is 3. The van der Waals surface area contributed by atoms with E-state index in [4.69, 9.17) is 23.4 Å².